The van der Waals surface area contributed by atoms with Crippen LogP contribution in [-0.2, 0) is 0 Å². The molecule has 3 rings (SSSR count). The fourth-order valence-electron chi connectivity index (χ4n) is 1.78. The molecule has 0 spiro atoms. The molecule has 0 bridgehead atoms. The lowest BCUT2D eigenvalue weighted by Gasteiger charge is -2.03. The van der Waals surface area contributed by atoms with Crippen molar-refractivity contribution < 1.29 is 17.9 Å². The maximum absolute atomic E-state index is 12.1. The van der Waals surface area contributed by atoms with Crippen molar-refractivity contribution in [2.24, 2.45) is 0 Å². The number of nitrogens with one attached hydrogen (secondary N) is 1. The number of rotatable bonds is 4. The number of nitrogens with zero attached hydrogens (tertiary/aromatic N) is 4. The first-order chi connectivity index (χ1) is 10.7. The van der Waals surface area contributed by atoms with Crippen molar-refractivity contribution in [3.05, 3.63) is 36.2 Å². The number of halogens is 2. The van der Waals surface area contributed by atoms with Crippen LogP contribution in [0.25, 0.3) is 22.8 Å². The molecule has 2 aromatic heterocycles. The summed E-state index contributed by atoms with van der Waals surface area (Å²) in [7, 11) is 0. The summed E-state index contributed by atoms with van der Waals surface area (Å²) in [5.74, 6) is 0.291. The number of nitriles is 1. The van der Waals surface area contributed by atoms with Crippen LogP contribution in [0, 0.1) is 11.3 Å². The molecular weight excluding hydrogens is 296 g/mol. The molecule has 0 fully saturated rings. The van der Waals surface area contributed by atoms with Crippen LogP contribution >= 0.6 is 0 Å². The number of benzene rings is 1. The monoisotopic (exact) mass is 303 g/mol. The van der Waals surface area contributed by atoms with Crippen LogP contribution < -0.4 is 4.74 Å². The summed E-state index contributed by atoms with van der Waals surface area (Å²) in [5, 5.41) is 18.7. The van der Waals surface area contributed by atoms with Gasteiger partial charge >= 0.3 is 6.61 Å². The highest BCUT2D eigenvalue weighted by Crippen LogP contribution is 2.26. The number of hydrogen-bond acceptors (Lipinski definition) is 6. The van der Waals surface area contributed by atoms with Crippen LogP contribution in [0.3, 0.4) is 0 Å². The van der Waals surface area contributed by atoms with Gasteiger partial charge in [0.15, 0.2) is 11.4 Å². The van der Waals surface area contributed by atoms with Crippen molar-refractivity contribution in [1.29, 1.82) is 5.26 Å². The predicted molar refractivity (Wildman–Crippen MR) is 68.7 cm³/mol. The van der Waals surface area contributed by atoms with Gasteiger partial charge in [-0.1, -0.05) is 0 Å². The molecule has 110 valence electrons. The van der Waals surface area contributed by atoms with Gasteiger partial charge < -0.3 is 9.15 Å². The second kappa shape index (κ2) is 5.61. The van der Waals surface area contributed by atoms with Crippen LogP contribution in [-0.4, -0.2) is 27.0 Å². The van der Waals surface area contributed by atoms with Crippen LogP contribution in [0.1, 0.15) is 5.69 Å². The third-order valence-electron chi connectivity index (χ3n) is 2.73. The molecule has 0 saturated carbocycles. The zero-order valence-electron chi connectivity index (χ0n) is 10.8. The van der Waals surface area contributed by atoms with Gasteiger partial charge in [-0.3, -0.25) is 0 Å². The molecule has 0 aliphatic heterocycles. The quantitative estimate of drug-likeness (QED) is 0.795. The Bertz CT molecular complexity index is 820. The zero-order valence-corrected chi connectivity index (χ0v) is 10.8. The lowest BCUT2D eigenvalue weighted by Crippen LogP contribution is -2.01. The van der Waals surface area contributed by atoms with Gasteiger partial charge in [-0.2, -0.15) is 24.4 Å². The Morgan fingerprint density at radius 3 is 2.68 bits per heavy atom. The largest absolute Gasteiger partial charge is 0.444 e. The maximum atomic E-state index is 12.1. The van der Waals surface area contributed by atoms with E-state index in [0.29, 0.717) is 11.3 Å². The Kier molecular flexibility index (Phi) is 3.49. The Morgan fingerprint density at radius 1 is 1.23 bits per heavy atom. The van der Waals surface area contributed by atoms with Gasteiger partial charge in [0.1, 0.15) is 23.8 Å². The van der Waals surface area contributed by atoms with Gasteiger partial charge in [0.25, 0.3) is 0 Å². The smallest absolute Gasteiger partial charge is 0.387 e. The van der Waals surface area contributed by atoms with E-state index in [1.807, 2.05) is 6.07 Å². The summed E-state index contributed by atoms with van der Waals surface area (Å²) in [6, 6.07) is 7.69. The van der Waals surface area contributed by atoms with Gasteiger partial charge in [0.2, 0.25) is 5.89 Å². The second-order valence-corrected chi connectivity index (χ2v) is 4.07. The Labute approximate surface area is 122 Å². The molecule has 2 heterocycles. The molecular formula is C13H7F2N5O2. The summed E-state index contributed by atoms with van der Waals surface area (Å²) in [4.78, 5) is 4.19. The average molecular weight is 303 g/mol. The summed E-state index contributed by atoms with van der Waals surface area (Å²) in [6.45, 7) is -2.88. The minimum atomic E-state index is -2.88. The Morgan fingerprint density at radius 2 is 2.00 bits per heavy atom. The molecule has 0 saturated heterocycles. The molecule has 9 heteroatoms. The summed E-state index contributed by atoms with van der Waals surface area (Å²) in [6.07, 6.45) is 1.33. The number of aromatic amines is 1. The molecule has 3 aromatic rings. The number of hydrogen-bond donors (Lipinski definition) is 1. The van der Waals surface area contributed by atoms with Gasteiger partial charge in [0, 0.05) is 5.56 Å². The van der Waals surface area contributed by atoms with Crippen LogP contribution in [0.2, 0.25) is 0 Å². The number of aromatic nitrogens is 4. The van der Waals surface area contributed by atoms with Crippen molar-refractivity contribution in [3.63, 3.8) is 0 Å². The van der Waals surface area contributed by atoms with Crippen molar-refractivity contribution >= 4 is 0 Å². The molecule has 7 nitrogen and oxygen atoms in total. The number of oxazole rings is 1. The van der Waals surface area contributed by atoms with Gasteiger partial charge in [-0.25, -0.2) is 4.98 Å². The number of alkyl halides is 2. The second-order valence-electron chi connectivity index (χ2n) is 4.07. The zero-order chi connectivity index (χ0) is 15.5. The fraction of sp³-hybridized carbons (Fsp3) is 0.0769. The van der Waals surface area contributed by atoms with E-state index in [9.17, 15) is 8.78 Å². The Balaban J connectivity index is 1.86. The van der Waals surface area contributed by atoms with Crippen LogP contribution in [0.5, 0.6) is 5.75 Å². The SMILES string of the molecule is N#Cc1n[nH]nc1-c1coc(-c2ccc(OC(F)F)cc2)n1. The van der Waals surface area contributed by atoms with E-state index in [1.165, 1.54) is 30.5 Å². The van der Waals surface area contributed by atoms with Crippen LogP contribution in [0.15, 0.2) is 34.9 Å². The molecule has 0 unspecified atom stereocenters. The lowest BCUT2D eigenvalue weighted by atomic mass is 10.2. The van der Waals surface area contributed by atoms with E-state index in [1.54, 1.807) is 0 Å². The van der Waals surface area contributed by atoms with Gasteiger partial charge in [-0.15, -0.1) is 5.10 Å². The Hall–Kier alpha value is -3.28. The molecule has 0 aliphatic carbocycles. The standard InChI is InChI=1S/C13H7F2N5O2/c14-13(15)22-8-3-1-7(2-4-8)12-17-10(6-21-12)11-9(5-16)18-20-19-11/h1-4,6,13H,(H,18,19,20). The fourth-order valence-corrected chi connectivity index (χ4v) is 1.78. The first-order valence-corrected chi connectivity index (χ1v) is 5.99. The summed E-state index contributed by atoms with van der Waals surface area (Å²) in [5.41, 5.74) is 1.28. The van der Waals surface area contributed by atoms with E-state index in [-0.39, 0.29) is 23.0 Å². The molecule has 0 atom stereocenters. The molecule has 0 amide bonds. The normalized spacial score (nSPS) is 10.6. The van der Waals surface area contributed by atoms with Gasteiger partial charge in [-0.05, 0) is 24.3 Å². The van der Waals surface area contributed by atoms with Crippen LogP contribution in [0.4, 0.5) is 8.78 Å². The highest BCUT2D eigenvalue weighted by Gasteiger charge is 2.15. The first-order valence-electron chi connectivity index (χ1n) is 5.99. The number of ether oxygens (including phenoxy) is 1. The maximum Gasteiger partial charge on any atom is 0.387 e. The highest BCUT2D eigenvalue weighted by molar-refractivity contribution is 5.63. The van der Waals surface area contributed by atoms with E-state index in [2.05, 4.69) is 25.1 Å². The molecule has 22 heavy (non-hydrogen) atoms. The van der Waals surface area contributed by atoms with E-state index in [0.717, 1.165) is 0 Å². The van der Waals surface area contributed by atoms with Crippen molar-refractivity contribution in [3.8, 4) is 34.7 Å². The molecule has 0 aliphatic rings. The minimum absolute atomic E-state index is 0.0359. The predicted octanol–water partition coefficient (Wildman–Crippen LogP) is 2.60. The number of H-pyrrole nitrogens is 1. The van der Waals surface area contributed by atoms with Crippen molar-refractivity contribution in [1.82, 2.24) is 20.4 Å². The summed E-state index contributed by atoms with van der Waals surface area (Å²) < 4.78 is 33.7. The van der Waals surface area contributed by atoms with Crippen molar-refractivity contribution in [2.45, 2.75) is 6.61 Å². The van der Waals surface area contributed by atoms with Crippen molar-refractivity contribution in [2.75, 3.05) is 0 Å². The van der Waals surface area contributed by atoms with E-state index < -0.39 is 6.61 Å². The lowest BCUT2D eigenvalue weighted by molar-refractivity contribution is -0.0498. The third kappa shape index (κ3) is 2.62. The first kappa shape index (κ1) is 13.7. The molecule has 1 N–H and O–H groups in total. The highest BCUT2D eigenvalue weighted by atomic mass is 19.3. The van der Waals surface area contributed by atoms with Gasteiger partial charge in [0.05, 0.1) is 0 Å². The topological polar surface area (TPSA) is 101 Å². The molecule has 1 aromatic carbocycles. The minimum Gasteiger partial charge on any atom is -0.444 e. The average Bonchev–Trinajstić information content (AvgIpc) is 3.16. The summed E-state index contributed by atoms with van der Waals surface area (Å²) >= 11 is 0. The third-order valence-corrected chi connectivity index (χ3v) is 2.73. The molecule has 0 radical (unpaired) electrons. The van der Waals surface area contributed by atoms with E-state index >= 15 is 0 Å². The van der Waals surface area contributed by atoms with E-state index in [4.69, 9.17) is 9.68 Å².